The van der Waals surface area contributed by atoms with Crippen molar-refractivity contribution in [3.05, 3.63) is 28.3 Å². The van der Waals surface area contributed by atoms with E-state index in [-0.39, 0.29) is 6.09 Å². The highest BCUT2D eigenvalue weighted by Gasteiger charge is 2.28. The number of ether oxygens (including phenoxy) is 2. The first-order chi connectivity index (χ1) is 10.7. The molecule has 1 heterocycles. The van der Waals surface area contributed by atoms with Crippen LogP contribution in [0.3, 0.4) is 0 Å². The van der Waals surface area contributed by atoms with Crippen LogP contribution in [-0.2, 0) is 4.74 Å². The zero-order valence-corrected chi connectivity index (χ0v) is 15.4. The van der Waals surface area contributed by atoms with Gasteiger partial charge in [0.1, 0.15) is 11.4 Å². The van der Waals surface area contributed by atoms with Crippen LogP contribution in [0.25, 0.3) is 0 Å². The van der Waals surface area contributed by atoms with Gasteiger partial charge < -0.3 is 14.4 Å². The van der Waals surface area contributed by atoms with Crippen LogP contribution in [0.5, 0.6) is 5.75 Å². The lowest BCUT2D eigenvalue weighted by Gasteiger charge is -2.33. The molecule has 1 aliphatic rings. The Morgan fingerprint density at radius 2 is 1.87 bits per heavy atom. The number of likely N-dealkylation sites (tertiary alicyclic amines) is 1. The largest absolute Gasteiger partial charge is 0.495 e. The van der Waals surface area contributed by atoms with Crippen LogP contribution in [0.15, 0.2) is 12.1 Å². The molecule has 0 aromatic heterocycles. The van der Waals surface area contributed by atoms with Crippen LogP contribution in [-0.4, -0.2) is 36.8 Å². The lowest BCUT2D eigenvalue weighted by atomic mass is 9.88. The van der Waals surface area contributed by atoms with E-state index in [0.29, 0.717) is 24.0 Å². The number of benzene rings is 1. The molecular formula is C18H26ClNO3. The Labute approximate surface area is 143 Å². The van der Waals surface area contributed by atoms with Crippen molar-refractivity contribution in [2.24, 2.45) is 0 Å². The molecule has 1 aromatic rings. The Morgan fingerprint density at radius 1 is 1.26 bits per heavy atom. The molecule has 1 aromatic carbocycles. The van der Waals surface area contributed by atoms with Gasteiger partial charge in [0.2, 0.25) is 0 Å². The molecule has 0 aliphatic carbocycles. The molecule has 0 bridgehead atoms. The number of amides is 1. The third kappa shape index (κ3) is 4.54. The van der Waals surface area contributed by atoms with Gasteiger partial charge in [-0.1, -0.05) is 17.7 Å². The van der Waals surface area contributed by atoms with Crippen LogP contribution < -0.4 is 4.74 Å². The minimum absolute atomic E-state index is 0.221. The lowest BCUT2D eigenvalue weighted by molar-refractivity contribution is 0.0205. The van der Waals surface area contributed by atoms with Gasteiger partial charge in [0, 0.05) is 13.1 Å². The third-order valence-electron chi connectivity index (χ3n) is 4.08. The van der Waals surface area contributed by atoms with Crippen LogP contribution in [0.4, 0.5) is 4.79 Å². The molecule has 0 N–H and O–H groups in total. The van der Waals surface area contributed by atoms with Gasteiger partial charge in [0.05, 0.1) is 12.1 Å². The molecule has 1 saturated heterocycles. The molecule has 0 unspecified atom stereocenters. The van der Waals surface area contributed by atoms with Crippen molar-refractivity contribution in [2.45, 2.75) is 52.1 Å². The first-order valence-corrected chi connectivity index (χ1v) is 8.41. The van der Waals surface area contributed by atoms with Gasteiger partial charge in [-0.15, -0.1) is 0 Å². The minimum atomic E-state index is -0.450. The molecule has 23 heavy (non-hydrogen) atoms. The van der Waals surface area contributed by atoms with E-state index in [1.807, 2.05) is 33.8 Å². The normalized spacial score (nSPS) is 16.3. The first-order valence-electron chi connectivity index (χ1n) is 8.03. The van der Waals surface area contributed by atoms with Gasteiger partial charge >= 0.3 is 6.09 Å². The minimum Gasteiger partial charge on any atom is -0.495 e. The van der Waals surface area contributed by atoms with E-state index in [0.717, 1.165) is 24.2 Å². The van der Waals surface area contributed by atoms with Gasteiger partial charge in [-0.05, 0) is 63.6 Å². The molecule has 0 saturated carbocycles. The van der Waals surface area contributed by atoms with Crippen molar-refractivity contribution in [3.63, 3.8) is 0 Å². The number of nitrogens with zero attached hydrogens (tertiary/aromatic N) is 1. The average Bonchev–Trinajstić information content (AvgIpc) is 2.48. The fraction of sp³-hybridized carbons (Fsp3) is 0.611. The van der Waals surface area contributed by atoms with Crippen molar-refractivity contribution < 1.29 is 14.3 Å². The number of piperidine rings is 1. The highest BCUT2D eigenvalue weighted by Crippen LogP contribution is 2.36. The molecule has 0 radical (unpaired) electrons. The maximum absolute atomic E-state index is 12.1. The SMILES string of the molecule is COc1cc(C2CCN(C(=O)OC(C)(C)C)CC2)cc(C)c1Cl. The maximum atomic E-state index is 12.1. The Bertz CT molecular complexity index is 572. The molecule has 1 amide bonds. The summed E-state index contributed by atoms with van der Waals surface area (Å²) in [5.41, 5.74) is 1.80. The van der Waals surface area contributed by atoms with Gasteiger partial charge in [0.25, 0.3) is 0 Å². The summed E-state index contributed by atoms with van der Waals surface area (Å²) in [6.07, 6.45) is 1.62. The zero-order valence-electron chi connectivity index (χ0n) is 14.6. The summed E-state index contributed by atoms with van der Waals surface area (Å²) in [5.74, 6) is 1.13. The fourth-order valence-electron chi connectivity index (χ4n) is 2.87. The Hall–Kier alpha value is -1.42. The quantitative estimate of drug-likeness (QED) is 0.779. The zero-order chi connectivity index (χ0) is 17.2. The van der Waals surface area contributed by atoms with E-state index < -0.39 is 5.60 Å². The summed E-state index contributed by atoms with van der Waals surface area (Å²) >= 11 is 6.24. The van der Waals surface area contributed by atoms with Crippen LogP contribution in [0.2, 0.25) is 5.02 Å². The fourth-order valence-corrected chi connectivity index (χ4v) is 3.06. The summed E-state index contributed by atoms with van der Waals surface area (Å²) in [5, 5.41) is 0.669. The summed E-state index contributed by atoms with van der Waals surface area (Å²) in [6, 6.07) is 4.14. The van der Waals surface area contributed by atoms with E-state index >= 15 is 0 Å². The maximum Gasteiger partial charge on any atom is 0.410 e. The highest BCUT2D eigenvalue weighted by molar-refractivity contribution is 6.32. The second-order valence-electron chi connectivity index (χ2n) is 7.10. The van der Waals surface area contributed by atoms with Gasteiger partial charge in [-0.2, -0.15) is 0 Å². The second kappa shape index (κ2) is 7.00. The number of hydrogen-bond donors (Lipinski definition) is 0. The van der Waals surface area contributed by atoms with Crippen LogP contribution in [0, 0.1) is 6.92 Å². The molecular weight excluding hydrogens is 314 g/mol. The topological polar surface area (TPSA) is 38.8 Å². The van der Waals surface area contributed by atoms with Gasteiger partial charge in [-0.3, -0.25) is 0 Å². The number of methoxy groups -OCH3 is 1. The summed E-state index contributed by atoms with van der Waals surface area (Å²) < 4.78 is 10.8. The van der Waals surface area contributed by atoms with Gasteiger partial charge in [0.15, 0.2) is 0 Å². The number of carbonyl (C=O) groups is 1. The second-order valence-corrected chi connectivity index (χ2v) is 7.47. The molecule has 0 spiro atoms. The van der Waals surface area contributed by atoms with E-state index in [9.17, 15) is 4.79 Å². The summed E-state index contributed by atoms with van der Waals surface area (Å²) in [7, 11) is 1.63. The van der Waals surface area contributed by atoms with E-state index in [1.54, 1.807) is 12.0 Å². The van der Waals surface area contributed by atoms with Crippen LogP contribution >= 0.6 is 11.6 Å². The van der Waals surface area contributed by atoms with Crippen molar-refractivity contribution >= 4 is 17.7 Å². The third-order valence-corrected chi connectivity index (χ3v) is 4.57. The van der Waals surface area contributed by atoms with Crippen LogP contribution in [0.1, 0.15) is 50.7 Å². The smallest absolute Gasteiger partial charge is 0.410 e. The van der Waals surface area contributed by atoms with Crippen molar-refractivity contribution in [1.29, 1.82) is 0 Å². The Kier molecular flexibility index (Phi) is 5.45. The molecule has 4 nitrogen and oxygen atoms in total. The standard InChI is InChI=1S/C18H26ClNO3/c1-12-10-14(11-15(22-5)16(12)19)13-6-8-20(9-7-13)17(21)23-18(2,3)4/h10-11,13H,6-9H2,1-5H3. The molecule has 1 fully saturated rings. The monoisotopic (exact) mass is 339 g/mol. The molecule has 1 aliphatic heterocycles. The van der Waals surface area contributed by atoms with Crippen molar-refractivity contribution in [2.75, 3.05) is 20.2 Å². The molecule has 0 atom stereocenters. The van der Waals surface area contributed by atoms with E-state index in [1.165, 1.54) is 5.56 Å². The lowest BCUT2D eigenvalue weighted by Crippen LogP contribution is -2.41. The number of rotatable bonds is 2. The van der Waals surface area contributed by atoms with E-state index in [2.05, 4.69) is 6.07 Å². The average molecular weight is 340 g/mol. The van der Waals surface area contributed by atoms with Crippen molar-refractivity contribution in [1.82, 2.24) is 4.90 Å². The number of aryl methyl sites for hydroxylation is 1. The number of hydrogen-bond acceptors (Lipinski definition) is 3. The predicted octanol–water partition coefficient (Wildman–Crippen LogP) is 4.77. The summed E-state index contributed by atoms with van der Waals surface area (Å²) in [6.45, 7) is 9.08. The Morgan fingerprint density at radius 3 is 2.39 bits per heavy atom. The van der Waals surface area contributed by atoms with Gasteiger partial charge in [-0.25, -0.2) is 4.79 Å². The van der Waals surface area contributed by atoms with E-state index in [4.69, 9.17) is 21.1 Å². The summed E-state index contributed by atoms with van der Waals surface area (Å²) in [4.78, 5) is 13.9. The first kappa shape index (κ1) is 17.9. The van der Waals surface area contributed by atoms with Crippen molar-refractivity contribution in [3.8, 4) is 5.75 Å². The highest BCUT2D eigenvalue weighted by atomic mass is 35.5. The number of carbonyl (C=O) groups excluding carboxylic acids is 1. The predicted molar refractivity (Wildman–Crippen MR) is 92.5 cm³/mol. The molecule has 128 valence electrons. The molecule has 5 heteroatoms. The Balaban J connectivity index is 2.02. The molecule has 2 rings (SSSR count). The number of halogens is 1.